The van der Waals surface area contributed by atoms with Crippen LogP contribution in [0.1, 0.15) is 44.4 Å². The molecular weight excluding hydrogens is 452 g/mol. The zero-order valence-corrected chi connectivity index (χ0v) is 19.7. The number of benzene rings is 1. The Balaban J connectivity index is 1.46. The van der Waals surface area contributed by atoms with Crippen molar-refractivity contribution < 1.29 is 23.8 Å². The summed E-state index contributed by atoms with van der Waals surface area (Å²) in [5.41, 5.74) is 0. The van der Waals surface area contributed by atoms with Crippen LogP contribution in [0.2, 0.25) is 5.02 Å². The lowest BCUT2D eigenvalue weighted by Crippen LogP contribution is -2.31. The van der Waals surface area contributed by atoms with E-state index in [0.29, 0.717) is 28.5 Å². The first-order valence-corrected chi connectivity index (χ1v) is 11.8. The Hall–Kier alpha value is -2.58. The van der Waals surface area contributed by atoms with E-state index in [1.165, 1.54) is 24.2 Å². The molecule has 0 radical (unpaired) electrons. The number of nitrogens with one attached hydrogen (secondary N) is 1. The number of carbonyl (C=O) groups excluding carboxylic acids is 2. The van der Waals surface area contributed by atoms with Gasteiger partial charge in [-0.1, -0.05) is 29.0 Å². The summed E-state index contributed by atoms with van der Waals surface area (Å²) in [5, 5.41) is 3.74. The molecule has 1 heterocycles. The van der Waals surface area contributed by atoms with Crippen molar-refractivity contribution in [2.75, 3.05) is 13.2 Å². The third-order valence-corrected chi connectivity index (χ3v) is 5.72. The summed E-state index contributed by atoms with van der Waals surface area (Å²) in [5.74, 6) is 1.34. The van der Waals surface area contributed by atoms with Gasteiger partial charge >= 0.3 is 5.97 Å². The van der Waals surface area contributed by atoms with Crippen molar-refractivity contribution in [3.05, 3.63) is 40.4 Å². The molecule has 0 saturated heterocycles. The van der Waals surface area contributed by atoms with Crippen molar-refractivity contribution in [1.82, 2.24) is 10.3 Å². The van der Waals surface area contributed by atoms with E-state index in [4.69, 9.17) is 25.8 Å². The summed E-state index contributed by atoms with van der Waals surface area (Å²) in [6.45, 7) is 4.62. The maximum Gasteiger partial charge on any atom is 0.306 e. The van der Waals surface area contributed by atoms with Crippen molar-refractivity contribution in [2.24, 2.45) is 5.92 Å². The fourth-order valence-corrected chi connectivity index (χ4v) is 3.60. The summed E-state index contributed by atoms with van der Waals surface area (Å²) >= 11 is 7.68. The highest BCUT2D eigenvalue weighted by atomic mass is 35.5. The van der Waals surface area contributed by atoms with Gasteiger partial charge in [-0.15, -0.1) is 0 Å². The SMILES string of the molecule is CCOC(=O)CCC(=O)N[C@@H](C)C=Cc1cnc(Oc2ccc(OCC3CC3)cc2Cl)s1. The Kier molecular flexibility index (Phi) is 8.93. The monoisotopic (exact) mass is 478 g/mol. The summed E-state index contributed by atoms with van der Waals surface area (Å²) in [6.07, 6.45) is 8.03. The molecule has 0 spiro atoms. The first-order chi connectivity index (χ1) is 15.4. The van der Waals surface area contributed by atoms with E-state index in [0.717, 1.165) is 17.2 Å². The molecule has 1 saturated carbocycles. The normalized spacial score (nSPS) is 14.2. The van der Waals surface area contributed by atoms with Gasteiger partial charge in [-0.25, -0.2) is 4.98 Å². The number of carbonyl (C=O) groups is 2. The maximum absolute atomic E-state index is 11.9. The van der Waals surface area contributed by atoms with Gasteiger partial charge in [0.15, 0.2) is 0 Å². The molecule has 1 aliphatic carbocycles. The highest BCUT2D eigenvalue weighted by Gasteiger charge is 2.22. The van der Waals surface area contributed by atoms with E-state index in [-0.39, 0.29) is 30.8 Å². The van der Waals surface area contributed by atoms with Gasteiger partial charge in [0.05, 0.1) is 29.5 Å². The number of nitrogens with zero attached hydrogens (tertiary/aromatic N) is 1. The molecule has 7 nitrogen and oxygen atoms in total. The topological polar surface area (TPSA) is 86.8 Å². The van der Waals surface area contributed by atoms with E-state index >= 15 is 0 Å². The zero-order valence-electron chi connectivity index (χ0n) is 18.1. The van der Waals surface area contributed by atoms with Crippen molar-refractivity contribution >= 4 is 40.9 Å². The summed E-state index contributed by atoms with van der Waals surface area (Å²) in [6, 6.07) is 5.16. The van der Waals surface area contributed by atoms with Crippen LogP contribution in [0.4, 0.5) is 0 Å². The first kappa shape index (κ1) is 24.1. The number of hydrogen-bond donors (Lipinski definition) is 1. The van der Waals surface area contributed by atoms with Crippen molar-refractivity contribution in [1.29, 1.82) is 0 Å². The zero-order chi connectivity index (χ0) is 22.9. The minimum atomic E-state index is -0.372. The molecule has 0 aliphatic heterocycles. The number of halogens is 1. The van der Waals surface area contributed by atoms with Crippen LogP contribution in [-0.4, -0.2) is 36.1 Å². The van der Waals surface area contributed by atoms with E-state index in [2.05, 4.69) is 10.3 Å². The molecule has 3 rings (SSSR count). The number of aromatic nitrogens is 1. The predicted octanol–water partition coefficient (Wildman–Crippen LogP) is 5.24. The second kappa shape index (κ2) is 11.9. The molecule has 172 valence electrons. The molecule has 9 heteroatoms. The van der Waals surface area contributed by atoms with Gasteiger partial charge < -0.3 is 19.5 Å². The van der Waals surface area contributed by atoms with Crippen LogP contribution in [0.15, 0.2) is 30.5 Å². The number of thiazole rings is 1. The maximum atomic E-state index is 11.9. The highest BCUT2D eigenvalue weighted by molar-refractivity contribution is 7.14. The van der Waals surface area contributed by atoms with Crippen LogP contribution in [-0.2, 0) is 14.3 Å². The molecule has 1 aromatic heterocycles. The van der Waals surface area contributed by atoms with E-state index in [9.17, 15) is 9.59 Å². The van der Waals surface area contributed by atoms with Gasteiger partial charge in [0.1, 0.15) is 11.5 Å². The molecule has 2 aromatic rings. The molecular formula is C23H27ClN2O5S. The molecule has 32 heavy (non-hydrogen) atoms. The summed E-state index contributed by atoms with van der Waals surface area (Å²) < 4.78 is 16.3. The fraction of sp³-hybridized carbons (Fsp3) is 0.435. The number of rotatable bonds is 12. The van der Waals surface area contributed by atoms with Crippen molar-refractivity contribution in [2.45, 2.75) is 45.6 Å². The lowest BCUT2D eigenvalue weighted by molar-refractivity contribution is -0.144. The first-order valence-electron chi connectivity index (χ1n) is 10.6. The lowest BCUT2D eigenvalue weighted by Gasteiger charge is -2.09. The number of hydrogen-bond acceptors (Lipinski definition) is 7. The predicted molar refractivity (Wildman–Crippen MR) is 124 cm³/mol. The van der Waals surface area contributed by atoms with Crippen LogP contribution < -0.4 is 14.8 Å². The molecule has 1 aliphatic rings. The quantitative estimate of drug-likeness (QED) is 0.420. The minimum Gasteiger partial charge on any atom is -0.493 e. The second-order valence-electron chi connectivity index (χ2n) is 7.50. The van der Waals surface area contributed by atoms with Gasteiger partial charge in [-0.05, 0) is 50.8 Å². The number of esters is 1. The highest BCUT2D eigenvalue weighted by Crippen LogP contribution is 2.35. The molecule has 1 atom stereocenters. The average Bonchev–Trinajstić information content (AvgIpc) is 3.49. The smallest absolute Gasteiger partial charge is 0.306 e. The van der Waals surface area contributed by atoms with Gasteiger partial charge in [-0.2, -0.15) is 0 Å². The van der Waals surface area contributed by atoms with E-state index in [1.54, 1.807) is 25.3 Å². The van der Waals surface area contributed by atoms with Crippen LogP contribution >= 0.6 is 22.9 Å². The van der Waals surface area contributed by atoms with Crippen LogP contribution in [0.3, 0.4) is 0 Å². The molecule has 1 N–H and O–H groups in total. The van der Waals surface area contributed by atoms with E-state index < -0.39 is 0 Å². The average molecular weight is 479 g/mol. The Morgan fingerprint density at radius 1 is 1.34 bits per heavy atom. The Bertz CT molecular complexity index is 958. The number of ether oxygens (including phenoxy) is 3. The van der Waals surface area contributed by atoms with Crippen LogP contribution in [0.25, 0.3) is 6.08 Å². The van der Waals surface area contributed by atoms with Gasteiger partial charge in [0, 0.05) is 24.7 Å². The molecule has 0 bridgehead atoms. The molecule has 1 fully saturated rings. The van der Waals surface area contributed by atoms with E-state index in [1.807, 2.05) is 25.1 Å². The second-order valence-corrected chi connectivity index (χ2v) is 8.93. The lowest BCUT2D eigenvalue weighted by atomic mass is 10.2. The van der Waals surface area contributed by atoms with Crippen LogP contribution in [0.5, 0.6) is 16.7 Å². The summed E-state index contributed by atoms with van der Waals surface area (Å²) in [7, 11) is 0. The van der Waals surface area contributed by atoms with Crippen molar-refractivity contribution in [3.63, 3.8) is 0 Å². The molecule has 1 aromatic carbocycles. The summed E-state index contributed by atoms with van der Waals surface area (Å²) in [4.78, 5) is 28.4. The Morgan fingerprint density at radius 3 is 2.88 bits per heavy atom. The Morgan fingerprint density at radius 2 is 2.16 bits per heavy atom. The van der Waals surface area contributed by atoms with Crippen LogP contribution in [0, 0.1) is 5.92 Å². The fourth-order valence-electron chi connectivity index (χ4n) is 2.70. The number of amides is 1. The molecule has 0 unspecified atom stereocenters. The van der Waals surface area contributed by atoms with Crippen molar-refractivity contribution in [3.8, 4) is 16.7 Å². The minimum absolute atomic E-state index is 0.0713. The third kappa shape index (κ3) is 8.16. The standard InChI is InChI=1S/C23H27ClN2O5S/c1-3-29-22(28)11-10-21(27)26-15(2)4-8-18-13-25-23(32-18)31-20-9-7-17(12-19(20)24)30-14-16-5-6-16/h4,7-9,12-13,15-16H,3,5-6,10-11,14H2,1-2H3,(H,26,27)/t15-/m0/s1. The Labute approximate surface area is 196 Å². The van der Waals surface area contributed by atoms with Gasteiger partial charge in [0.25, 0.3) is 5.19 Å². The molecule has 1 amide bonds. The van der Waals surface area contributed by atoms with Gasteiger partial charge in [0.2, 0.25) is 5.91 Å². The largest absolute Gasteiger partial charge is 0.493 e. The van der Waals surface area contributed by atoms with Gasteiger partial charge in [-0.3, -0.25) is 9.59 Å². The third-order valence-electron chi connectivity index (χ3n) is 4.58.